The Labute approximate surface area is 153 Å². The summed E-state index contributed by atoms with van der Waals surface area (Å²) in [4.78, 5) is 12.3. The number of aliphatic hydroxyl groups excluding tert-OH is 1. The monoisotopic (exact) mass is 357 g/mol. The van der Waals surface area contributed by atoms with Crippen LogP contribution in [0, 0.1) is 5.82 Å². The first-order chi connectivity index (χ1) is 12.6. The van der Waals surface area contributed by atoms with Crippen LogP contribution < -0.4 is 10.1 Å². The van der Waals surface area contributed by atoms with Gasteiger partial charge in [0.05, 0.1) is 13.2 Å². The van der Waals surface area contributed by atoms with Gasteiger partial charge in [-0.3, -0.25) is 4.79 Å². The highest BCUT2D eigenvalue weighted by molar-refractivity contribution is 5.77. The Morgan fingerprint density at radius 1 is 1.31 bits per heavy atom. The van der Waals surface area contributed by atoms with E-state index in [2.05, 4.69) is 17.4 Å². The van der Waals surface area contributed by atoms with Crippen LogP contribution in [0.4, 0.5) is 4.39 Å². The van der Waals surface area contributed by atoms with Crippen LogP contribution in [0.15, 0.2) is 42.5 Å². The minimum absolute atomic E-state index is 0.0835. The van der Waals surface area contributed by atoms with Crippen LogP contribution in [0.25, 0.3) is 0 Å². The summed E-state index contributed by atoms with van der Waals surface area (Å²) in [7, 11) is 1.65. The number of benzene rings is 2. The van der Waals surface area contributed by atoms with Crippen molar-refractivity contribution < 1.29 is 19.0 Å². The molecule has 2 N–H and O–H groups in total. The molecule has 0 fully saturated rings. The number of carbonyl (C=O) groups is 1. The maximum Gasteiger partial charge on any atom is 0.220 e. The van der Waals surface area contributed by atoms with Gasteiger partial charge in [-0.15, -0.1) is 0 Å². The fourth-order valence-corrected chi connectivity index (χ4v) is 3.54. The highest BCUT2D eigenvalue weighted by Gasteiger charge is 2.23. The van der Waals surface area contributed by atoms with Gasteiger partial charge in [0.25, 0.3) is 0 Å². The Bertz CT molecular complexity index is 760. The molecule has 3 rings (SSSR count). The largest absolute Gasteiger partial charge is 0.497 e. The van der Waals surface area contributed by atoms with Crippen molar-refractivity contribution in [2.24, 2.45) is 0 Å². The molecule has 2 atom stereocenters. The number of nitrogens with one attached hydrogen (secondary N) is 1. The fraction of sp³-hybridized carbons (Fsp3) is 0.381. The number of hydrogen-bond donors (Lipinski definition) is 2. The minimum Gasteiger partial charge on any atom is -0.497 e. The van der Waals surface area contributed by atoms with E-state index >= 15 is 0 Å². The fourth-order valence-electron chi connectivity index (χ4n) is 3.54. The molecule has 2 aromatic carbocycles. The Kier molecular flexibility index (Phi) is 5.89. The summed E-state index contributed by atoms with van der Waals surface area (Å²) in [6.07, 6.45) is 2.59. The molecule has 1 amide bonds. The molecule has 4 nitrogen and oxygen atoms in total. The molecule has 1 aliphatic carbocycles. The van der Waals surface area contributed by atoms with Gasteiger partial charge in [-0.05, 0) is 66.1 Å². The number of aryl methyl sites for hydroxylation is 1. The van der Waals surface area contributed by atoms with Gasteiger partial charge in [0.15, 0.2) is 0 Å². The summed E-state index contributed by atoms with van der Waals surface area (Å²) in [6.45, 7) is 0.118. The summed E-state index contributed by atoms with van der Waals surface area (Å²) in [6, 6.07) is 11.7. The van der Waals surface area contributed by atoms with E-state index in [4.69, 9.17) is 4.74 Å². The number of halogens is 1. The van der Waals surface area contributed by atoms with E-state index in [-0.39, 0.29) is 24.2 Å². The number of aliphatic hydroxyl groups is 1. The zero-order chi connectivity index (χ0) is 18.5. The van der Waals surface area contributed by atoms with E-state index in [0.717, 1.165) is 25.0 Å². The van der Waals surface area contributed by atoms with Crippen LogP contribution in [-0.2, 0) is 11.2 Å². The second kappa shape index (κ2) is 8.32. The zero-order valence-corrected chi connectivity index (χ0v) is 14.9. The molecule has 0 unspecified atom stereocenters. The van der Waals surface area contributed by atoms with Crippen molar-refractivity contribution in [3.05, 3.63) is 65.0 Å². The van der Waals surface area contributed by atoms with Gasteiger partial charge in [-0.1, -0.05) is 18.2 Å². The van der Waals surface area contributed by atoms with Gasteiger partial charge in [0, 0.05) is 13.0 Å². The number of rotatable bonds is 6. The molecule has 5 heteroatoms. The lowest BCUT2D eigenvalue weighted by Crippen LogP contribution is -2.30. The van der Waals surface area contributed by atoms with Gasteiger partial charge in [0.2, 0.25) is 5.91 Å². The average Bonchev–Trinajstić information content (AvgIpc) is 2.66. The van der Waals surface area contributed by atoms with E-state index in [1.807, 2.05) is 6.07 Å². The summed E-state index contributed by atoms with van der Waals surface area (Å²) in [5.41, 5.74) is 3.05. The first-order valence-corrected chi connectivity index (χ1v) is 8.94. The zero-order valence-electron chi connectivity index (χ0n) is 14.9. The third-order valence-corrected chi connectivity index (χ3v) is 4.97. The number of ether oxygens (including phenoxy) is 1. The Morgan fingerprint density at radius 3 is 2.81 bits per heavy atom. The topological polar surface area (TPSA) is 58.6 Å². The highest BCUT2D eigenvalue weighted by Crippen LogP contribution is 2.35. The maximum absolute atomic E-state index is 12.9. The maximum atomic E-state index is 12.9. The second-order valence-electron chi connectivity index (χ2n) is 6.73. The SMILES string of the molecule is COc1ccc2c(c1)CCC[C@H]2CC(=O)NC[C@@H](O)c1ccc(F)cc1. The first kappa shape index (κ1) is 18.4. The smallest absolute Gasteiger partial charge is 0.220 e. The van der Waals surface area contributed by atoms with Crippen molar-refractivity contribution in [3.63, 3.8) is 0 Å². The Balaban J connectivity index is 1.56. The minimum atomic E-state index is -0.845. The molecule has 138 valence electrons. The highest BCUT2D eigenvalue weighted by atomic mass is 19.1. The molecular formula is C21H24FNO3. The lowest BCUT2D eigenvalue weighted by Gasteiger charge is -2.25. The number of hydrogen-bond acceptors (Lipinski definition) is 3. The number of amides is 1. The van der Waals surface area contributed by atoms with Gasteiger partial charge in [0.1, 0.15) is 11.6 Å². The van der Waals surface area contributed by atoms with Crippen LogP contribution in [0.3, 0.4) is 0 Å². The molecule has 0 radical (unpaired) electrons. The van der Waals surface area contributed by atoms with Crippen LogP contribution in [0.5, 0.6) is 5.75 Å². The van der Waals surface area contributed by atoms with Crippen molar-refractivity contribution in [3.8, 4) is 5.75 Å². The number of fused-ring (bicyclic) bond motifs is 1. The molecule has 0 saturated heterocycles. The van der Waals surface area contributed by atoms with Crippen LogP contribution in [0.1, 0.15) is 48.0 Å². The molecule has 0 saturated carbocycles. The van der Waals surface area contributed by atoms with Crippen LogP contribution in [0.2, 0.25) is 0 Å². The van der Waals surface area contributed by atoms with Gasteiger partial charge in [-0.25, -0.2) is 4.39 Å². The van der Waals surface area contributed by atoms with Gasteiger partial charge < -0.3 is 15.2 Å². The third kappa shape index (κ3) is 4.41. The van der Waals surface area contributed by atoms with Crippen molar-refractivity contribution in [2.45, 2.75) is 37.7 Å². The van der Waals surface area contributed by atoms with E-state index < -0.39 is 6.10 Å². The van der Waals surface area contributed by atoms with Crippen LogP contribution >= 0.6 is 0 Å². The molecule has 26 heavy (non-hydrogen) atoms. The van der Waals surface area contributed by atoms with Gasteiger partial charge >= 0.3 is 0 Å². The summed E-state index contributed by atoms with van der Waals surface area (Å²) < 4.78 is 18.2. The van der Waals surface area contributed by atoms with Gasteiger partial charge in [-0.2, -0.15) is 0 Å². The lowest BCUT2D eigenvalue weighted by atomic mass is 9.81. The quantitative estimate of drug-likeness (QED) is 0.832. The van der Waals surface area contributed by atoms with Crippen molar-refractivity contribution in [1.82, 2.24) is 5.32 Å². The Hall–Kier alpha value is -2.40. The average molecular weight is 357 g/mol. The standard InChI is InChI=1S/C21H24FNO3/c1-26-18-9-10-19-15(11-18)3-2-4-16(19)12-21(25)23-13-20(24)14-5-7-17(22)8-6-14/h5-11,16,20,24H,2-4,12-13H2,1H3,(H,23,25)/t16-,20+/m0/s1. The second-order valence-corrected chi connectivity index (χ2v) is 6.73. The van der Waals surface area contributed by atoms with Crippen molar-refractivity contribution in [1.29, 1.82) is 0 Å². The molecule has 2 aromatic rings. The van der Waals surface area contributed by atoms with Crippen molar-refractivity contribution >= 4 is 5.91 Å². The first-order valence-electron chi connectivity index (χ1n) is 8.94. The number of carbonyl (C=O) groups excluding carboxylic acids is 1. The molecule has 0 aliphatic heterocycles. The van der Waals surface area contributed by atoms with Crippen molar-refractivity contribution in [2.75, 3.05) is 13.7 Å². The summed E-state index contributed by atoms with van der Waals surface area (Å²) >= 11 is 0. The van der Waals surface area contributed by atoms with E-state index in [1.165, 1.54) is 35.4 Å². The van der Waals surface area contributed by atoms with E-state index in [9.17, 15) is 14.3 Å². The lowest BCUT2D eigenvalue weighted by molar-refractivity contribution is -0.122. The summed E-state index contributed by atoms with van der Waals surface area (Å²) in [5.74, 6) is 0.598. The molecule has 0 spiro atoms. The van der Waals surface area contributed by atoms with E-state index in [0.29, 0.717) is 12.0 Å². The summed E-state index contributed by atoms with van der Waals surface area (Å²) in [5, 5.41) is 12.9. The van der Waals surface area contributed by atoms with Crippen LogP contribution in [-0.4, -0.2) is 24.7 Å². The molecule has 0 heterocycles. The normalized spacial score (nSPS) is 17.3. The number of methoxy groups -OCH3 is 1. The van der Waals surface area contributed by atoms with E-state index in [1.54, 1.807) is 7.11 Å². The molecule has 0 aromatic heterocycles. The molecular weight excluding hydrogens is 333 g/mol. The predicted octanol–water partition coefficient (Wildman–Crippen LogP) is 3.49. The molecule has 1 aliphatic rings. The predicted molar refractivity (Wildman–Crippen MR) is 97.7 cm³/mol. The third-order valence-electron chi connectivity index (χ3n) is 4.97. The Morgan fingerprint density at radius 2 is 2.08 bits per heavy atom. The molecule has 0 bridgehead atoms.